The number of fused-ring (bicyclic) bond motifs is 1. The monoisotopic (exact) mass is 238 g/mol. The fourth-order valence-electron chi connectivity index (χ4n) is 2.04. The molecule has 16 heavy (non-hydrogen) atoms. The Morgan fingerprint density at radius 3 is 2.75 bits per heavy atom. The Morgan fingerprint density at radius 1 is 1.44 bits per heavy atom. The highest BCUT2D eigenvalue weighted by Crippen LogP contribution is 2.38. The van der Waals surface area contributed by atoms with Crippen molar-refractivity contribution in [2.24, 2.45) is 0 Å². The van der Waals surface area contributed by atoms with Crippen molar-refractivity contribution in [1.29, 1.82) is 0 Å². The van der Waals surface area contributed by atoms with Crippen LogP contribution in [-0.2, 0) is 4.79 Å². The van der Waals surface area contributed by atoms with Crippen LogP contribution < -0.4 is 10.2 Å². The van der Waals surface area contributed by atoms with Gasteiger partial charge in [0.05, 0.1) is 22.9 Å². The fraction of sp³-hybridized carbons (Fsp3) is 0.417. The lowest BCUT2D eigenvalue weighted by atomic mass is 10.1. The van der Waals surface area contributed by atoms with Crippen LogP contribution in [0.4, 0.5) is 11.4 Å². The molecule has 3 nitrogen and oxygen atoms in total. The van der Waals surface area contributed by atoms with Gasteiger partial charge in [0.15, 0.2) is 0 Å². The molecule has 0 spiro atoms. The van der Waals surface area contributed by atoms with Crippen molar-refractivity contribution >= 4 is 28.9 Å². The van der Waals surface area contributed by atoms with Gasteiger partial charge in [-0.05, 0) is 38.5 Å². The summed E-state index contributed by atoms with van der Waals surface area (Å²) < 4.78 is 0. The molecule has 0 aliphatic carbocycles. The number of rotatable bonds is 1. The van der Waals surface area contributed by atoms with Gasteiger partial charge in [0.1, 0.15) is 0 Å². The molecule has 4 heteroatoms. The Balaban J connectivity index is 2.59. The minimum atomic E-state index is 0.0632. The maximum atomic E-state index is 11.8. The highest BCUT2D eigenvalue weighted by Gasteiger charge is 2.28. The van der Waals surface area contributed by atoms with Crippen LogP contribution in [0.1, 0.15) is 19.4 Å². The normalized spacial score (nSPS) is 15.1. The molecule has 1 aliphatic heterocycles. The average Bonchev–Trinajstić information content (AvgIpc) is 2.18. The summed E-state index contributed by atoms with van der Waals surface area (Å²) in [6.07, 6.45) is 0. The molecule has 0 saturated heterocycles. The number of hydrogen-bond donors (Lipinski definition) is 1. The summed E-state index contributed by atoms with van der Waals surface area (Å²) in [5.74, 6) is 0.0632. The molecule has 1 amide bonds. The van der Waals surface area contributed by atoms with Crippen molar-refractivity contribution in [1.82, 2.24) is 0 Å². The lowest BCUT2D eigenvalue weighted by Gasteiger charge is -2.34. The van der Waals surface area contributed by atoms with Crippen molar-refractivity contribution in [3.63, 3.8) is 0 Å². The van der Waals surface area contributed by atoms with Gasteiger partial charge in [-0.1, -0.05) is 11.6 Å². The Labute approximate surface area is 100 Å². The first-order valence-corrected chi connectivity index (χ1v) is 5.74. The average molecular weight is 239 g/mol. The molecular formula is C12H15ClN2O. The third-order valence-electron chi connectivity index (χ3n) is 2.66. The summed E-state index contributed by atoms with van der Waals surface area (Å²) >= 11 is 6.22. The molecule has 0 atom stereocenters. The molecule has 1 N–H and O–H groups in total. The SMILES string of the molecule is Cc1cc(Cl)c2c(c1)NCC(=O)N2C(C)C. The number of hydrogen-bond acceptors (Lipinski definition) is 2. The summed E-state index contributed by atoms with van der Waals surface area (Å²) in [5.41, 5.74) is 2.84. The number of nitrogens with one attached hydrogen (secondary N) is 1. The van der Waals surface area contributed by atoms with E-state index in [9.17, 15) is 4.79 Å². The lowest BCUT2D eigenvalue weighted by molar-refractivity contribution is -0.117. The fourth-order valence-corrected chi connectivity index (χ4v) is 2.41. The first kappa shape index (κ1) is 11.3. The molecule has 0 radical (unpaired) electrons. The van der Waals surface area contributed by atoms with E-state index in [0.29, 0.717) is 11.6 Å². The van der Waals surface area contributed by atoms with E-state index in [1.165, 1.54) is 0 Å². The summed E-state index contributed by atoms with van der Waals surface area (Å²) in [5, 5.41) is 3.73. The first-order valence-electron chi connectivity index (χ1n) is 5.37. The smallest absolute Gasteiger partial charge is 0.246 e. The van der Waals surface area contributed by atoms with Gasteiger partial charge in [0, 0.05) is 6.04 Å². The lowest BCUT2D eigenvalue weighted by Crippen LogP contribution is -2.44. The molecule has 0 unspecified atom stereocenters. The quantitative estimate of drug-likeness (QED) is 0.816. The van der Waals surface area contributed by atoms with Crippen LogP contribution in [0.5, 0.6) is 0 Å². The summed E-state index contributed by atoms with van der Waals surface area (Å²) in [6.45, 7) is 6.31. The van der Waals surface area contributed by atoms with E-state index in [1.54, 1.807) is 4.90 Å². The van der Waals surface area contributed by atoms with Gasteiger partial charge in [0.2, 0.25) is 5.91 Å². The molecule has 1 aromatic rings. The standard InChI is InChI=1S/C12H15ClN2O/c1-7(2)15-11(16)6-14-10-5-8(3)4-9(13)12(10)15/h4-5,7,14H,6H2,1-3H3. The van der Waals surface area contributed by atoms with Crippen LogP contribution in [-0.4, -0.2) is 18.5 Å². The third kappa shape index (κ3) is 1.76. The maximum absolute atomic E-state index is 11.8. The van der Waals surface area contributed by atoms with E-state index in [4.69, 9.17) is 11.6 Å². The van der Waals surface area contributed by atoms with Crippen molar-refractivity contribution < 1.29 is 4.79 Å². The molecule has 1 aliphatic rings. The van der Waals surface area contributed by atoms with E-state index < -0.39 is 0 Å². The molecule has 0 saturated carbocycles. The van der Waals surface area contributed by atoms with Crippen molar-refractivity contribution in [3.05, 3.63) is 22.7 Å². The van der Waals surface area contributed by atoms with Gasteiger partial charge in [-0.2, -0.15) is 0 Å². The second-order valence-corrected chi connectivity index (χ2v) is 4.76. The van der Waals surface area contributed by atoms with E-state index in [0.717, 1.165) is 16.9 Å². The molecule has 1 heterocycles. The number of halogens is 1. The number of aryl methyl sites for hydroxylation is 1. The number of benzene rings is 1. The van der Waals surface area contributed by atoms with Crippen LogP contribution in [0.15, 0.2) is 12.1 Å². The third-order valence-corrected chi connectivity index (χ3v) is 2.95. The van der Waals surface area contributed by atoms with E-state index in [1.807, 2.05) is 32.9 Å². The largest absolute Gasteiger partial charge is 0.374 e. The van der Waals surface area contributed by atoms with Crippen LogP contribution in [0.2, 0.25) is 5.02 Å². The summed E-state index contributed by atoms with van der Waals surface area (Å²) in [4.78, 5) is 13.6. The minimum Gasteiger partial charge on any atom is -0.374 e. The molecular weight excluding hydrogens is 224 g/mol. The molecule has 0 aromatic heterocycles. The second kappa shape index (κ2) is 3.98. The van der Waals surface area contributed by atoms with Gasteiger partial charge in [-0.25, -0.2) is 0 Å². The number of carbonyl (C=O) groups excluding carboxylic acids is 1. The van der Waals surface area contributed by atoms with Gasteiger partial charge >= 0.3 is 0 Å². The van der Waals surface area contributed by atoms with Gasteiger partial charge in [-0.3, -0.25) is 4.79 Å². The first-order chi connectivity index (χ1) is 7.50. The van der Waals surface area contributed by atoms with Gasteiger partial charge in [-0.15, -0.1) is 0 Å². The number of amides is 1. The number of carbonyl (C=O) groups is 1. The van der Waals surface area contributed by atoms with Crippen LogP contribution in [0.3, 0.4) is 0 Å². The molecule has 86 valence electrons. The zero-order valence-corrected chi connectivity index (χ0v) is 10.4. The zero-order valence-electron chi connectivity index (χ0n) is 9.67. The summed E-state index contributed by atoms with van der Waals surface area (Å²) in [7, 11) is 0. The number of nitrogens with zero attached hydrogens (tertiary/aromatic N) is 1. The zero-order chi connectivity index (χ0) is 11.9. The Kier molecular flexibility index (Phi) is 2.80. The molecule has 0 bridgehead atoms. The molecule has 1 aromatic carbocycles. The van der Waals surface area contributed by atoms with E-state index in [-0.39, 0.29) is 11.9 Å². The van der Waals surface area contributed by atoms with E-state index in [2.05, 4.69) is 5.32 Å². The molecule has 0 fully saturated rings. The number of anilines is 2. The van der Waals surface area contributed by atoms with Crippen molar-refractivity contribution in [2.75, 3.05) is 16.8 Å². The topological polar surface area (TPSA) is 32.3 Å². The van der Waals surface area contributed by atoms with Crippen LogP contribution >= 0.6 is 11.6 Å². The second-order valence-electron chi connectivity index (χ2n) is 4.35. The van der Waals surface area contributed by atoms with Gasteiger partial charge < -0.3 is 10.2 Å². The minimum absolute atomic E-state index is 0.0632. The van der Waals surface area contributed by atoms with Crippen LogP contribution in [0, 0.1) is 6.92 Å². The predicted octanol–water partition coefficient (Wildman–Crippen LogP) is 2.82. The van der Waals surface area contributed by atoms with Crippen LogP contribution in [0.25, 0.3) is 0 Å². The Morgan fingerprint density at radius 2 is 2.12 bits per heavy atom. The van der Waals surface area contributed by atoms with Crippen molar-refractivity contribution in [3.8, 4) is 0 Å². The highest BCUT2D eigenvalue weighted by molar-refractivity contribution is 6.35. The Bertz CT molecular complexity index is 443. The highest BCUT2D eigenvalue weighted by atomic mass is 35.5. The maximum Gasteiger partial charge on any atom is 0.246 e. The van der Waals surface area contributed by atoms with E-state index >= 15 is 0 Å². The molecule has 2 rings (SSSR count). The summed E-state index contributed by atoms with van der Waals surface area (Å²) in [6, 6.07) is 4.02. The predicted molar refractivity (Wildman–Crippen MR) is 67.3 cm³/mol. The van der Waals surface area contributed by atoms with Crippen molar-refractivity contribution in [2.45, 2.75) is 26.8 Å². The van der Waals surface area contributed by atoms with Gasteiger partial charge in [0.25, 0.3) is 0 Å². The Hall–Kier alpha value is -1.22.